The van der Waals surface area contributed by atoms with Crippen molar-refractivity contribution < 1.29 is 32.9 Å². The van der Waals surface area contributed by atoms with E-state index in [1.165, 1.54) is 141 Å². The van der Waals surface area contributed by atoms with Gasteiger partial charge in [-0.25, -0.2) is 0 Å². The number of hydrogen-bond acceptors (Lipinski definition) is 6. The smallest absolute Gasteiger partial charge is 0.268 e. The average molecular weight is 1280 g/mol. The summed E-state index contributed by atoms with van der Waals surface area (Å²) in [4.78, 5) is 25.6. The summed E-state index contributed by atoms with van der Waals surface area (Å²) in [5, 5.41) is 13.9. The third kappa shape index (κ3) is 73.1. The van der Waals surface area contributed by atoms with Crippen LogP contribution in [0.15, 0.2) is 170 Å². The maximum Gasteiger partial charge on any atom is 0.268 e. The van der Waals surface area contributed by atoms with Crippen molar-refractivity contribution >= 4 is 13.7 Å². The molecule has 9 heteroatoms. The van der Waals surface area contributed by atoms with Gasteiger partial charge in [-0.05, 0) is 128 Å². The molecule has 518 valence electrons. The van der Waals surface area contributed by atoms with Gasteiger partial charge in [0, 0.05) is 6.42 Å². The molecule has 3 unspecified atom stereocenters. The van der Waals surface area contributed by atoms with E-state index in [1.807, 2.05) is 27.2 Å². The molecule has 0 fully saturated rings. The average Bonchev–Trinajstić information content (AvgIpc) is 3.59. The molecule has 91 heavy (non-hydrogen) atoms. The molecule has 0 rings (SSSR count). The number of rotatable bonds is 66. The number of aliphatic hydroxyl groups is 1. The molecule has 0 saturated heterocycles. The van der Waals surface area contributed by atoms with Gasteiger partial charge >= 0.3 is 0 Å². The Morgan fingerprint density at radius 2 is 0.681 bits per heavy atom. The Bertz CT molecular complexity index is 2090. The maximum absolute atomic E-state index is 13.0. The lowest BCUT2D eigenvalue weighted by Gasteiger charge is -2.29. The molecule has 0 aromatic heterocycles. The first kappa shape index (κ1) is 86.9. The van der Waals surface area contributed by atoms with E-state index < -0.39 is 26.6 Å². The van der Waals surface area contributed by atoms with Crippen molar-refractivity contribution in [1.82, 2.24) is 5.32 Å². The van der Waals surface area contributed by atoms with Gasteiger partial charge in [0.25, 0.3) is 7.82 Å². The van der Waals surface area contributed by atoms with E-state index >= 15 is 0 Å². The van der Waals surface area contributed by atoms with Crippen molar-refractivity contribution in [3.8, 4) is 0 Å². The molecule has 0 heterocycles. The van der Waals surface area contributed by atoms with Crippen LogP contribution in [0, 0.1) is 0 Å². The van der Waals surface area contributed by atoms with Gasteiger partial charge in [-0.2, -0.15) is 0 Å². The van der Waals surface area contributed by atoms with Crippen LogP contribution in [0.25, 0.3) is 0 Å². The number of unbranched alkanes of at least 4 members (excludes halogenated alkanes) is 27. The van der Waals surface area contributed by atoms with Gasteiger partial charge in [-0.1, -0.05) is 325 Å². The number of nitrogens with zero attached hydrogens (tertiary/aromatic N) is 1. The van der Waals surface area contributed by atoms with Gasteiger partial charge in [0.15, 0.2) is 0 Å². The predicted molar refractivity (Wildman–Crippen MR) is 398 cm³/mol. The highest BCUT2D eigenvalue weighted by Gasteiger charge is 2.23. The number of carbonyl (C=O) groups excluding carboxylic acids is 1. The minimum absolute atomic E-state index is 0.0199. The zero-order chi connectivity index (χ0) is 66.2. The third-order valence-corrected chi connectivity index (χ3v) is 16.6. The molecule has 8 nitrogen and oxygen atoms in total. The second kappa shape index (κ2) is 70.2. The van der Waals surface area contributed by atoms with E-state index in [4.69, 9.17) is 9.05 Å². The van der Waals surface area contributed by atoms with Crippen molar-refractivity contribution in [2.45, 2.75) is 302 Å². The number of allylic oxidation sites excluding steroid dienone is 27. The molecule has 0 saturated carbocycles. The van der Waals surface area contributed by atoms with Crippen molar-refractivity contribution in [3.63, 3.8) is 0 Å². The molecule has 0 aliphatic rings. The number of likely N-dealkylation sites (N-methyl/N-ethyl adjacent to an activating group) is 1. The summed E-state index contributed by atoms with van der Waals surface area (Å²) in [6, 6.07) is -0.931. The number of phosphoric ester groups is 1. The molecular formula is C82H139N2O6P. The molecule has 3 atom stereocenters. The highest BCUT2D eigenvalue weighted by atomic mass is 31.2. The normalized spacial score (nSPS) is 14.6. The van der Waals surface area contributed by atoms with Crippen LogP contribution in [0.5, 0.6) is 0 Å². The van der Waals surface area contributed by atoms with E-state index in [9.17, 15) is 19.4 Å². The number of nitrogens with one attached hydrogen (secondary N) is 1. The molecule has 0 spiro atoms. The molecule has 1 amide bonds. The van der Waals surface area contributed by atoms with Gasteiger partial charge in [0.2, 0.25) is 5.91 Å². The Kier molecular flexibility index (Phi) is 67.0. The largest absolute Gasteiger partial charge is 0.756 e. The van der Waals surface area contributed by atoms with Crippen molar-refractivity contribution in [2.24, 2.45) is 0 Å². The fraction of sp³-hybridized carbons (Fsp3) is 0.646. The molecule has 0 bridgehead atoms. The van der Waals surface area contributed by atoms with Crippen LogP contribution in [-0.4, -0.2) is 68.5 Å². The van der Waals surface area contributed by atoms with Gasteiger partial charge in [-0.3, -0.25) is 9.36 Å². The number of quaternary nitrogens is 1. The predicted octanol–water partition coefficient (Wildman–Crippen LogP) is 23.6. The van der Waals surface area contributed by atoms with E-state index in [0.717, 1.165) is 128 Å². The molecule has 0 aliphatic carbocycles. The topological polar surface area (TPSA) is 108 Å². The van der Waals surface area contributed by atoms with E-state index in [1.54, 1.807) is 6.08 Å². The second-order valence-corrected chi connectivity index (χ2v) is 27.0. The van der Waals surface area contributed by atoms with E-state index in [0.29, 0.717) is 17.4 Å². The molecule has 2 N–H and O–H groups in total. The standard InChI is InChI=1S/C82H139N2O6P/c1-6-8-10-12-14-16-18-20-22-24-26-28-30-32-34-36-37-38-39-40-41-42-43-44-45-46-47-48-50-52-54-56-58-60-62-64-66-68-70-72-74-76-82(86)83-80(79-90-91(87,88)89-78-77-84(3,4)5)81(85)75-73-71-69-67-65-63-61-59-57-55-53-51-49-35-33-31-29-27-25-23-21-19-17-15-13-11-9-7-2/h8,10,14,16,20,22,26,28,32,34,37-38,40-41,43-44,46-47,50,52,56-59,65,67,73,75,80-81,85H,6-7,9,11-13,15,17-19,21,23-25,27,29-31,33,35-36,39,42,45,48-49,51,53-55,60-64,66,68-72,74,76-79H2,1-5H3,(H-,83,86,87,88)/b10-8-,16-14-,22-20-,28-26-,34-32-,38-37-,41-40-,44-43-,47-46-,52-50-,58-56-,59-57+,67-65+,75-73+. The van der Waals surface area contributed by atoms with E-state index in [2.05, 4.69) is 177 Å². The number of phosphoric acid groups is 1. The number of carbonyl (C=O) groups is 1. The first-order chi connectivity index (χ1) is 44.5. The third-order valence-electron chi connectivity index (χ3n) is 15.6. The summed E-state index contributed by atoms with van der Waals surface area (Å²) < 4.78 is 23.4. The summed E-state index contributed by atoms with van der Waals surface area (Å²) in [5.41, 5.74) is 0. The molecule has 0 aromatic carbocycles. The highest BCUT2D eigenvalue weighted by Crippen LogP contribution is 2.38. The van der Waals surface area contributed by atoms with Crippen LogP contribution in [0.2, 0.25) is 0 Å². The van der Waals surface area contributed by atoms with Gasteiger partial charge < -0.3 is 28.8 Å². The van der Waals surface area contributed by atoms with Crippen LogP contribution in [-0.2, 0) is 18.4 Å². The summed E-state index contributed by atoms with van der Waals surface area (Å²) in [6.45, 7) is 4.50. The van der Waals surface area contributed by atoms with Crippen molar-refractivity contribution in [3.05, 3.63) is 170 Å². The Morgan fingerprint density at radius 1 is 0.396 bits per heavy atom. The fourth-order valence-electron chi connectivity index (χ4n) is 9.96. The van der Waals surface area contributed by atoms with Crippen LogP contribution in [0.3, 0.4) is 0 Å². The van der Waals surface area contributed by atoms with Crippen LogP contribution in [0.1, 0.15) is 290 Å². The summed E-state index contributed by atoms with van der Waals surface area (Å²) in [5.74, 6) is -0.227. The molecule has 0 radical (unpaired) electrons. The van der Waals surface area contributed by atoms with Crippen molar-refractivity contribution in [2.75, 3.05) is 40.9 Å². The fourth-order valence-corrected chi connectivity index (χ4v) is 10.7. The van der Waals surface area contributed by atoms with Crippen LogP contribution >= 0.6 is 7.82 Å². The molecular weight excluding hydrogens is 1140 g/mol. The number of aliphatic hydroxyl groups excluding tert-OH is 1. The highest BCUT2D eigenvalue weighted by molar-refractivity contribution is 7.45. The lowest BCUT2D eigenvalue weighted by molar-refractivity contribution is -0.870. The lowest BCUT2D eigenvalue weighted by Crippen LogP contribution is -2.45. The first-order valence-electron chi connectivity index (χ1n) is 37.0. The monoisotopic (exact) mass is 1280 g/mol. The maximum atomic E-state index is 13.0. The Labute approximate surface area is 562 Å². The number of hydrogen-bond donors (Lipinski definition) is 2. The Morgan fingerprint density at radius 3 is 1.02 bits per heavy atom. The van der Waals surface area contributed by atoms with Gasteiger partial charge in [0.05, 0.1) is 39.9 Å². The molecule has 0 aromatic rings. The number of amides is 1. The quantitative estimate of drug-likeness (QED) is 0.0272. The summed E-state index contributed by atoms with van der Waals surface area (Å²) in [6.07, 6.45) is 111. The first-order valence-corrected chi connectivity index (χ1v) is 38.5. The zero-order valence-electron chi connectivity index (χ0n) is 59.2. The second-order valence-electron chi connectivity index (χ2n) is 25.5. The summed E-state index contributed by atoms with van der Waals surface area (Å²) in [7, 11) is 1.21. The van der Waals surface area contributed by atoms with Crippen LogP contribution in [0.4, 0.5) is 0 Å². The molecule has 0 aliphatic heterocycles. The van der Waals surface area contributed by atoms with Gasteiger partial charge in [-0.15, -0.1) is 0 Å². The minimum atomic E-state index is -4.63. The minimum Gasteiger partial charge on any atom is -0.756 e. The van der Waals surface area contributed by atoms with Gasteiger partial charge in [0.1, 0.15) is 13.2 Å². The van der Waals surface area contributed by atoms with Crippen molar-refractivity contribution in [1.29, 1.82) is 0 Å². The summed E-state index contributed by atoms with van der Waals surface area (Å²) >= 11 is 0. The SMILES string of the molecule is CC/C=C\C/C=C\C/C=C\C/C=C\C/C=C\C/C=C\C/C=C\C/C=C\C/C=C\C/C=C\C/C=C\CCCCCCCCCC(=O)NC(COP(=O)([O-])OCC[N+](C)(C)C)C(O)/C=C/CC/C=C/CC/C=C/CCCCCCCCCCCCCCCCCCCC. The Balaban J connectivity index is 4.20. The lowest BCUT2D eigenvalue weighted by atomic mass is 10.0. The van der Waals surface area contributed by atoms with Crippen LogP contribution < -0.4 is 10.2 Å². The van der Waals surface area contributed by atoms with E-state index in [-0.39, 0.29) is 12.5 Å². The zero-order valence-corrected chi connectivity index (χ0v) is 60.1. The Hall–Kier alpha value is -4.14.